The Hall–Kier alpha value is -1.96. The second-order valence-corrected chi connectivity index (χ2v) is 5.90. The van der Waals surface area contributed by atoms with Crippen molar-refractivity contribution in [1.82, 2.24) is 0 Å². The monoisotopic (exact) mass is 296 g/mol. The van der Waals surface area contributed by atoms with Gasteiger partial charge in [-0.15, -0.1) is 0 Å². The van der Waals surface area contributed by atoms with Gasteiger partial charge in [0.25, 0.3) is 0 Å². The maximum absolute atomic E-state index is 12.6. The minimum absolute atomic E-state index is 0.192. The molecular weight excluding hydrogens is 272 g/mol. The molecule has 0 fully saturated rings. The fourth-order valence-corrected chi connectivity index (χ4v) is 2.92. The molecule has 0 aliphatic heterocycles. The van der Waals surface area contributed by atoms with E-state index in [0.717, 1.165) is 42.0 Å². The summed E-state index contributed by atoms with van der Waals surface area (Å²) in [6.45, 7) is 3.76. The highest BCUT2D eigenvalue weighted by Crippen LogP contribution is 2.25. The third-order valence-electron chi connectivity index (χ3n) is 3.99. The molecule has 2 aromatic rings. The van der Waals surface area contributed by atoms with Crippen LogP contribution in [0.25, 0.3) is 10.8 Å². The first kappa shape index (κ1) is 16.4. The van der Waals surface area contributed by atoms with Gasteiger partial charge >= 0.3 is 0 Å². The molecule has 0 atom stereocenters. The van der Waals surface area contributed by atoms with Gasteiger partial charge in [-0.25, -0.2) is 0 Å². The fourth-order valence-electron chi connectivity index (χ4n) is 2.92. The molecule has 0 bridgehead atoms. The Balaban J connectivity index is 2.22. The number of benzene rings is 2. The largest absolute Gasteiger partial charge is 0.300 e. The molecule has 0 saturated heterocycles. The fraction of sp³-hybridized carbons (Fsp3) is 0.400. The number of Topliss-reactive ketones (excluding diaryl/α,β-unsaturated/α-hetero) is 2. The van der Waals surface area contributed by atoms with Crippen molar-refractivity contribution >= 4 is 22.3 Å². The number of hydrogen-bond donors (Lipinski definition) is 0. The third-order valence-corrected chi connectivity index (χ3v) is 3.99. The second kappa shape index (κ2) is 7.88. The van der Waals surface area contributed by atoms with E-state index in [2.05, 4.69) is 31.2 Å². The summed E-state index contributed by atoms with van der Waals surface area (Å²) in [6, 6.07) is 12.2. The van der Waals surface area contributed by atoms with Crippen LogP contribution in [0.5, 0.6) is 0 Å². The molecular formula is C20H24O2. The van der Waals surface area contributed by atoms with Gasteiger partial charge in [0.15, 0.2) is 5.78 Å². The van der Waals surface area contributed by atoms with E-state index >= 15 is 0 Å². The lowest BCUT2D eigenvalue weighted by molar-refractivity contribution is -0.117. The third kappa shape index (κ3) is 4.03. The zero-order valence-electron chi connectivity index (χ0n) is 13.5. The van der Waals surface area contributed by atoms with Crippen molar-refractivity contribution in [3.63, 3.8) is 0 Å². The quantitative estimate of drug-likeness (QED) is 0.500. The van der Waals surface area contributed by atoms with Gasteiger partial charge in [-0.1, -0.05) is 49.7 Å². The number of aryl methyl sites for hydroxylation is 1. The van der Waals surface area contributed by atoms with Crippen molar-refractivity contribution in [2.45, 2.75) is 52.4 Å². The Morgan fingerprint density at radius 3 is 2.32 bits per heavy atom. The van der Waals surface area contributed by atoms with Crippen LogP contribution in [0, 0.1) is 0 Å². The molecule has 0 spiro atoms. The molecule has 0 aliphatic carbocycles. The Morgan fingerprint density at radius 1 is 0.955 bits per heavy atom. The molecule has 0 saturated carbocycles. The van der Waals surface area contributed by atoms with Crippen molar-refractivity contribution in [1.29, 1.82) is 0 Å². The summed E-state index contributed by atoms with van der Waals surface area (Å²) >= 11 is 0. The van der Waals surface area contributed by atoms with E-state index in [4.69, 9.17) is 0 Å². The van der Waals surface area contributed by atoms with Crippen LogP contribution in [-0.2, 0) is 11.2 Å². The van der Waals surface area contributed by atoms with Crippen LogP contribution in [0.3, 0.4) is 0 Å². The molecule has 0 radical (unpaired) electrons. The summed E-state index contributed by atoms with van der Waals surface area (Å²) in [6.07, 6.45) is 4.74. The first-order valence-electron chi connectivity index (χ1n) is 8.16. The number of rotatable bonds is 8. The van der Waals surface area contributed by atoms with Gasteiger partial charge < -0.3 is 4.79 Å². The molecule has 22 heavy (non-hydrogen) atoms. The van der Waals surface area contributed by atoms with E-state index in [-0.39, 0.29) is 11.6 Å². The molecule has 0 N–H and O–H groups in total. The number of carbonyl (C=O) groups is 2. The maximum atomic E-state index is 12.6. The smallest absolute Gasteiger partial charge is 0.163 e. The Morgan fingerprint density at radius 2 is 1.64 bits per heavy atom. The van der Waals surface area contributed by atoms with E-state index in [1.165, 1.54) is 5.56 Å². The molecule has 2 aromatic carbocycles. The first-order chi connectivity index (χ1) is 10.6. The van der Waals surface area contributed by atoms with E-state index in [1.54, 1.807) is 6.92 Å². The number of hydrogen-bond acceptors (Lipinski definition) is 2. The standard InChI is InChI=1S/C20H24O2/c1-3-8-16-10-6-11-17-12-7-13-18(20(16)17)19(22)14-5-4-9-15(2)21/h6-7,10-13H,3-5,8-9,14H2,1-2H3. The van der Waals surface area contributed by atoms with E-state index in [1.807, 2.05) is 12.1 Å². The lowest BCUT2D eigenvalue weighted by atomic mass is 9.93. The first-order valence-corrected chi connectivity index (χ1v) is 8.16. The van der Waals surface area contributed by atoms with Gasteiger partial charge in [0, 0.05) is 18.4 Å². The Kier molecular flexibility index (Phi) is 5.88. The highest BCUT2D eigenvalue weighted by atomic mass is 16.1. The lowest BCUT2D eigenvalue weighted by Crippen LogP contribution is -2.02. The average molecular weight is 296 g/mol. The molecule has 116 valence electrons. The molecule has 2 rings (SSSR count). The van der Waals surface area contributed by atoms with Crippen LogP contribution in [0.4, 0.5) is 0 Å². The SMILES string of the molecule is CCCc1cccc2cccc(C(=O)CCCCC(C)=O)c12. The van der Waals surface area contributed by atoms with Crippen LogP contribution < -0.4 is 0 Å². The lowest BCUT2D eigenvalue weighted by Gasteiger charge is -2.10. The van der Waals surface area contributed by atoms with Crippen molar-refractivity contribution in [3.8, 4) is 0 Å². The average Bonchev–Trinajstić information content (AvgIpc) is 2.51. The van der Waals surface area contributed by atoms with E-state index in [0.29, 0.717) is 12.8 Å². The highest BCUT2D eigenvalue weighted by Gasteiger charge is 2.12. The Bertz CT molecular complexity index is 665. The molecule has 0 unspecified atom stereocenters. The van der Waals surface area contributed by atoms with Crippen molar-refractivity contribution in [3.05, 3.63) is 47.5 Å². The predicted molar refractivity (Wildman–Crippen MR) is 91.4 cm³/mol. The van der Waals surface area contributed by atoms with Crippen LogP contribution in [0.15, 0.2) is 36.4 Å². The van der Waals surface area contributed by atoms with E-state index < -0.39 is 0 Å². The van der Waals surface area contributed by atoms with Crippen LogP contribution in [0.2, 0.25) is 0 Å². The minimum atomic E-state index is 0.192. The van der Waals surface area contributed by atoms with Crippen LogP contribution >= 0.6 is 0 Å². The topological polar surface area (TPSA) is 34.1 Å². The number of fused-ring (bicyclic) bond motifs is 1. The van der Waals surface area contributed by atoms with Crippen molar-refractivity contribution in [2.24, 2.45) is 0 Å². The summed E-state index contributed by atoms with van der Waals surface area (Å²) in [7, 11) is 0. The zero-order valence-corrected chi connectivity index (χ0v) is 13.5. The highest BCUT2D eigenvalue weighted by molar-refractivity contribution is 6.09. The normalized spacial score (nSPS) is 10.8. The maximum Gasteiger partial charge on any atom is 0.163 e. The van der Waals surface area contributed by atoms with Gasteiger partial charge in [0.1, 0.15) is 5.78 Å². The summed E-state index contributed by atoms with van der Waals surface area (Å²) in [5.74, 6) is 0.389. The Labute approximate surface area is 132 Å². The number of unbranched alkanes of at least 4 members (excludes halogenated alkanes) is 1. The molecule has 0 heterocycles. The molecule has 2 nitrogen and oxygen atoms in total. The number of carbonyl (C=O) groups excluding carboxylic acids is 2. The van der Waals surface area contributed by atoms with Crippen molar-refractivity contribution < 1.29 is 9.59 Å². The van der Waals surface area contributed by atoms with Gasteiger partial charge in [-0.3, -0.25) is 4.79 Å². The minimum Gasteiger partial charge on any atom is -0.300 e. The van der Waals surface area contributed by atoms with Crippen molar-refractivity contribution in [2.75, 3.05) is 0 Å². The van der Waals surface area contributed by atoms with Gasteiger partial charge in [0.2, 0.25) is 0 Å². The predicted octanol–water partition coefficient (Wildman–Crippen LogP) is 5.12. The summed E-state index contributed by atoms with van der Waals surface area (Å²) in [5.41, 5.74) is 2.09. The summed E-state index contributed by atoms with van der Waals surface area (Å²) in [5, 5.41) is 2.25. The van der Waals surface area contributed by atoms with Gasteiger partial charge in [-0.2, -0.15) is 0 Å². The molecule has 0 aliphatic rings. The summed E-state index contributed by atoms with van der Waals surface area (Å²) < 4.78 is 0. The summed E-state index contributed by atoms with van der Waals surface area (Å²) in [4.78, 5) is 23.5. The second-order valence-electron chi connectivity index (χ2n) is 5.90. The van der Waals surface area contributed by atoms with Crippen LogP contribution in [-0.4, -0.2) is 11.6 Å². The van der Waals surface area contributed by atoms with Gasteiger partial charge in [0.05, 0.1) is 0 Å². The van der Waals surface area contributed by atoms with Crippen LogP contribution in [0.1, 0.15) is 61.9 Å². The molecule has 0 amide bonds. The molecule has 2 heteroatoms. The molecule has 0 aromatic heterocycles. The van der Waals surface area contributed by atoms with E-state index in [9.17, 15) is 9.59 Å². The zero-order chi connectivity index (χ0) is 15.9. The number of ketones is 2. The van der Waals surface area contributed by atoms with Gasteiger partial charge in [-0.05, 0) is 42.5 Å².